The number of allylic oxidation sites excluding steroid dienone is 2. The van der Waals surface area contributed by atoms with Crippen LogP contribution in [0.2, 0.25) is 0 Å². The smallest absolute Gasteiger partial charge is 0.463 e. The number of hydrogen-bond acceptors (Lipinski definition) is 23. The van der Waals surface area contributed by atoms with Crippen molar-refractivity contribution in [3.63, 3.8) is 0 Å². The summed E-state index contributed by atoms with van der Waals surface area (Å²) in [6, 6.07) is 0. The van der Waals surface area contributed by atoms with E-state index >= 15 is 0 Å². The Balaban J connectivity index is 1.76. The van der Waals surface area contributed by atoms with Gasteiger partial charge >= 0.3 is 25.7 Å². The van der Waals surface area contributed by atoms with Crippen molar-refractivity contribution in [3.8, 4) is 0 Å². The van der Waals surface area contributed by atoms with Gasteiger partial charge in [-0.1, -0.05) is 219 Å². The summed E-state index contributed by atoms with van der Waals surface area (Å²) in [6.07, 6.45) is 7.39. The molecule has 93 heavy (non-hydrogen) atoms. The summed E-state index contributed by atoms with van der Waals surface area (Å²) in [5.74, 6) is -2.00. The Hall–Kier alpha value is -2.30. The minimum Gasteiger partial charge on any atom is -0.463 e. The highest BCUT2D eigenvalue weighted by Crippen LogP contribution is 2.49. The topological polar surface area (TPSA) is 374 Å². The molecule has 0 aromatic heterocycles. The Morgan fingerprint density at radius 3 is 1.17 bits per heavy atom. The third-order valence-electron chi connectivity index (χ3n) is 17.8. The Bertz CT molecular complexity index is 1990. The molecule has 18 atom stereocenters. The molecule has 0 aromatic rings. The molecular formula is C68H125O24P. The molecule has 0 amide bonds. The van der Waals surface area contributed by atoms with Gasteiger partial charge in [0.1, 0.15) is 98.7 Å². The Morgan fingerprint density at radius 1 is 0.409 bits per heavy atom. The number of aliphatic hydroxyl groups is 10. The molecule has 2 aliphatic heterocycles. The predicted octanol–water partition coefficient (Wildman–Crippen LogP) is 8.79. The Labute approximate surface area is 554 Å². The second-order valence-corrected chi connectivity index (χ2v) is 27.4. The second-order valence-electron chi connectivity index (χ2n) is 26.0. The fourth-order valence-electron chi connectivity index (χ4n) is 11.9. The van der Waals surface area contributed by atoms with E-state index in [4.69, 9.17) is 42.2 Å². The number of unbranched alkanes of at least 4 members (excludes halogenated alkanes) is 32. The third-order valence-corrected chi connectivity index (χ3v) is 18.8. The number of hydrogen-bond donors (Lipinski definition) is 11. The molecule has 24 nitrogen and oxygen atoms in total. The van der Waals surface area contributed by atoms with Crippen LogP contribution in [0.15, 0.2) is 12.2 Å². The van der Waals surface area contributed by atoms with E-state index in [1.807, 2.05) is 0 Å². The van der Waals surface area contributed by atoms with Crippen LogP contribution >= 0.6 is 7.82 Å². The molecule has 3 fully saturated rings. The lowest BCUT2D eigenvalue weighted by Gasteiger charge is -2.49. The lowest BCUT2D eigenvalue weighted by molar-refractivity contribution is -0.360. The molecule has 1 aliphatic carbocycles. The molecule has 546 valence electrons. The monoisotopic (exact) mass is 1360 g/mol. The van der Waals surface area contributed by atoms with E-state index in [9.17, 15) is 74.9 Å². The van der Waals surface area contributed by atoms with Crippen molar-refractivity contribution >= 4 is 25.7 Å². The first-order valence-electron chi connectivity index (χ1n) is 36.0. The lowest BCUT2D eigenvalue weighted by Crippen LogP contribution is -2.69. The van der Waals surface area contributed by atoms with Crippen LogP contribution in [0.3, 0.4) is 0 Å². The summed E-state index contributed by atoms with van der Waals surface area (Å²) >= 11 is 0. The number of aliphatic hydroxyl groups excluding tert-OH is 10. The molecule has 18 unspecified atom stereocenters. The average Bonchev–Trinajstić information content (AvgIpc) is 0.774. The van der Waals surface area contributed by atoms with Crippen molar-refractivity contribution in [3.05, 3.63) is 12.2 Å². The first-order chi connectivity index (χ1) is 44.8. The lowest BCUT2D eigenvalue weighted by atomic mass is 9.84. The van der Waals surface area contributed by atoms with Crippen LogP contribution in [0.4, 0.5) is 0 Å². The maximum atomic E-state index is 14.3. The number of carbonyl (C=O) groups excluding carboxylic acids is 3. The average molecular weight is 1360 g/mol. The van der Waals surface area contributed by atoms with Crippen molar-refractivity contribution in [1.29, 1.82) is 0 Å². The summed E-state index contributed by atoms with van der Waals surface area (Å²) in [6.45, 7) is 3.39. The second kappa shape index (κ2) is 50.9. The zero-order valence-corrected chi connectivity index (χ0v) is 57.4. The van der Waals surface area contributed by atoms with Crippen molar-refractivity contribution in [2.24, 2.45) is 0 Å². The molecule has 2 heterocycles. The minimum atomic E-state index is -5.69. The van der Waals surface area contributed by atoms with E-state index in [2.05, 4.69) is 32.9 Å². The van der Waals surface area contributed by atoms with Gasteiger partial charge in [0, 0.05) is 19.3 Å². The highest BCUT2D eigenvalue weighted by molar-refractivity contribution is 7.47. The van der Waals surface area contributed by atoms with Crippen molar-refractivity contribution in [1.82, 2.24) is 0 Å². The summed E-state index contributed by atoms with van der Waals surface area (Å²) in [5.41, 5.74) is 0. The summed E-state index contributed by atoms with van der Waals surface area (Å²) < 4.78 is 64.8. The van der Waals surface area contributed by atoms with Gasteiger partial charge in [0.25, 0.3) is 0 Å². The molecule has 25 heteroatoms. The number of phosphoric ester groups is 1. The van der Waals surface area contributed by atoms with Crippen LogP contribution in [0.5, 0.6) is 0 Å². The number of ether oxygens (including phenoxy) is 7. The van der Waals surface area contributed by atoms with Gasteiger partial charge in [0.2, 0.25) is 0 Å². The molecule has 0 spiro atoms. The van der Waals surface area contributed by atoms with E-state index < -0.39 is 156 Å². The molecule has 1 saturated carbocycles. The van der Waals surface area contributed by atoms with E-state index in [-0.39, 0.29) is 19.3 Å². The van der Waals surface area contributed by atoms with Crippen molar-refractivity contribution in [2.45, 2.75) is 375 Å². The standard InChI is InChI=1S/C68H125O24P/c1-4-7-10-13-16-19-22-24-26-28-31-34-37-40-43-53(71)85-48-51-56(74)58(76)63(81)68(89-51)91-65-61(79)59(77)60(78)64(90-67-62(80)57(75)55(73)50(45-69)88-67)66(65)92-93(82,83)86-47-49(46-84-52(70)42-39-36-33-30-27-21-18-15-12-9-6-3)87-54(72)44-41-38-35-32-29-25-23-20-17-14-11-8-5-2/h25,29,49-51,55-69,73-81H,4-24,26-28,30-48H2,1-3H3,(H,82,83)/b29-25-. The quantitative estimate of drug-likeness (QED) is 0.00890. The maximum absolute atomic E-state index is 14.3. The van der Waals surface area contributed by atoms with Crippen LogP contribution in [0.25, 0.3) is 0 Å². The number of esters is 3. The summed E-state index contributed by atoms with van der Waals surface area (Å²) in [5, 5.41) is 110. The largest absolute Gasteiger partial charge is 0.472 e. The SMILES string of the molecule is CCCCCCCC/C=C\CCCCCC(=O)OC(COC(=O)CCCCCCCCCCCCC)COP(=O)(O)OC1C(OC2OC(CO)C(O)C(O)C2O)C(O)C(O)C(O)C1OC1OC(COC(=O)CCCCCCCCCCCCCCCC)C(O)C(O)C1O. The van der Waals surface area contributed by atoms with Crippen LogP contribution in [-0.2, 0) is 61.2 Å². The molecule has 0 aromatic carbocycles. The highest BCUT2D eigenvalue weighted by atomic mass is 31.2. The van der Waals surface area contributed by atoms with Gasteiger partial charge in [0.15, 0.2) is 18.7 Å². The summed E-state index contributed by atoms with van der Waals surface area (Å²) in [7, 11) is -5.69. The summed E-state index contributed by atoms with van der Waals surface area (Å²) in [4.78, 5) is 50.8. The number of phosphoric acid groups is 1. The highest BCUT2D eigenvalue weighted by Gasteiger charge is 2.58. The van der Waals surface area contributed by atoms with E-state index in [1.54, 1.807) is 0 Å². The maximum Gasteiger partial charge on any atom is 0.472 e. The third kappa shape index (κ3) is 34.9. The Kier molecular flexibility index (Phi) is 46.5. The van der Waals surface area contributed by atoms with Gasteiger partial charge < -0.3 is 89.1 Å². The fourth-order valence-corrected chi connectivity index (χ4v) is 12.8. The van der Waals surface area contributed by atoms with Gasteiger partial charge in [-0.3, -0.25) is 23.4 Å². The molecule has 2 saturated heterocycles. The van der Waals surface area contributed by atoms with Crippen LogP contribution in [0.1, 0.15) is 271 Å². The first kappa shape index (κ1) is 84.9. The zero-order valence-electron chi connectivity index (χ0n) is 56.5. The van der Waals surface area contributed by atoms with Crippen LogP contribution in [-0.4, -0.2) is 204 Å². The molecule has 11 N–H and O–H groups in total. The number of carbonyl (C=O) groups is 3. The van der Waals surface area contributed by atoms with Crippen LogP contribution in [0, 0.1) is 0 Å². The van der Waals surface area contributed by atoms with Crippen LogP contribution < -0.4 is 0 Å². The van der Waals surface area contributed by atoms with E-state index in [0.29, 0.717) is 25.7 Å². The predicted molar refractivity (Wildman–Crippen MR) is 347 cm³/mol. The van der Waals surface area contributed by atoms with Crippen molar-refractivity contribution in [2.75, 3.05) is 26.4 Å². The normalized spacial score (nSPS) is 28.5. The van der Waals surface area contributed by atoms with E-state index in [1.165, 1.54) is 116 Å². The molecule has 0 bridgehead atoms. The number of rotatable bonds is 55. The first-order valence-corrected chi connectivity index (χ1v) is 37.5. The molecular weight excluding hydrogens is 1230 g/mol. The van der Waals surface area contributed by atoms with Gasteiger partial charge in [-0.2, -0.15) is 0 Å². The molecule has 0 radical (unpaired) electrons. The van der Waals surface area contributed by atoms with Gasteiger partial charge in [-0.15, -0.1) is 0 Å². The Morgan fingerprint density at radius 2 is 0.753 bits per heavy atom. The molecule has 3 aliphatic rings. The molecule has 3 rings (SSSR count). The van der Waals surface area contributed by atoms with E-state index in [0.717, 1.165) is 89.9 Å². The fraction of sp³-hybridized carbons (Fsp3) is 0.926. The van der Waals surface area contributed by atoms with Gasteiger partial charge in [-0.05, 0) is 44.9 Å². The minimum absolute atomic E-state index is 0.0318. The van der Waals surface area contributed by atoms with Gasteiger partial charge in [0.05, 0.1) is 13.2 Å². The van der Waals surface area contributed by atoms with Crippen molar-refractivity contribution < 1.29 is 117 Å². The zero-order chi connectivity index (χ0) is 68.2. The van der Waals surface area contributed by atoms with Gasteiger partial charge in [-0.25, -0.2) is 4.57 Å².